The number of aromatic nitrogens is 1. The standard InChI is InChI=1S/C22H24N2O3/c1-5-26-21-16(4)22-19(15(3)13-27-22)10-18(21)14(2)9-20(25)24-12-17-7-6-8-23-11-17/h6-11,13H,5,12H2,1-4H3,(H,24,25)/b14-9+. The Balaban J connectivity index is 1.90. The van der Waals surface area contributed by atoms with Crippen LogP contribution in [0.15, 0.2) is 47.3 Å². The number of nitrogens with one attached hydrogen (secondary N) is 1. The molecule has 1 aromatic carbocycles. The van der Waals surface area contributed by atoms with Crippen LogP contribution in [0.25, 0.3) is 16.5 Å². The van der Waals surface area contributed by atoms with E-state index in [1.807, 2.05) is 45.9 Å². The first-order chi connectivity index (χ1) is 13.0. The smallest absolute Gasteiger partial charge is 0.244 e. The second-order valence-corrected chi connectivity index (χ2v) is 6.51. The number of amides is 1. The second kappa shape index (κ2) is 8.08. The van der Waals surface area contributed by atoms with Crippen molar-refractivity contribution in [2.45, 2.75) is 34.2 Å². The van der Waals surface area contributed by atoms with Gasteiger partial charge in [-0.15, -0.1) is 0 Å². The number of allylic oxidation sites excluding steroid dienone is 1. The summed E-state index contributed by atoms with van der Waals surface area (Å²) in [6, 6.07) is 5.81. The minimum Gasteiger partial charge on any atom is -0.493 e. The third kappa shape index (κ3) is 4.03. The maximum Gasteiger partial charge on any atom is 0.244 e. The third-order valence-electron chi connectivity index (χ3n) is 4.49. The Kier molecular flexibility index (Phi) is 5.60. The van der Waals surface area contributed by atoms with Crippen molar-refractivity contribution in [3.8, 4) is 5.75 Å². The molecular weight excluding hydrogens is 340 g/mol. The molecule has 0 atom stereocenters. The molecule has 2 aromatic heterocycles. The third-order valence-corrected chi connectivity index (χ3v) is 4.49. The van der Waals surface area contributed by atoms with E-state index < -0.39 is 0 Å². The fraction of sp³-hybridized carbons (Fsp3) is 0.273. The molecule has 0 unspecified atom stereocenters. The van der Waals surface area contributed by atoms with Crippen molar-refractivity contribution in [2.24, 2.45) is 0 Å². The Bertz CT molecular complexity index is 988. The molecule has 0 saturated carbocycles. The molecule has 0 radical (unpaired) electrons. The molecule has 27 heavy (non-hydrogen) atoms. The lowest BCUT2D eigenvalue weighted by molar-refractivity contribution is -0.116. The first-order valence-electron chi connectivity index (χ1n) is 9.00. The molecule has 3 rings (SSSR count). The fourth-order valence-electron chi connectivity index (χ4n) is 3.08. The van der Waals surface area contributed by atoms with Gasteiger partial charge in [-0.05, 0) is 56.5 Å². The molecule has 140 valence electrons. The van der Waals surface area contributed by atoms with Crippen LogP contribution in [0.3, 0.4) is 0 Å². The van der Waals surface area contributed by atoms with Gasteiger partial charge in [0, 0.05) is 41.5 Å². The maximum atomic E-state index is 12.4. The number of benzene rings is 1. The lowest BCUT2D eigenvalue weighted by Gasteiger charge is -2.14. The monoisotopic (exact) mass is 364 g/mol. The summed E-state index contributed by atoms with van der Waals surface area (Å²) in [6.07, 6.45) is 6.80. The van der Waals surface area contributed by atoms with E-state index >= 15 is 0 Å². The molecule has 3 aromatic rings. The molecule has 1 N–H and O–H groups in total. The number of carbonyl (C=O) groups is 1. The zero-order valence-corrected chi connectivity index (χ0v) is 16.1. The van der Waals surface area contributed by atoms with Gasteiger partial charge in [0.1, 0.15) is 11.3 Å². The normalized spacial score (nSPS) is 11.6. The number of carbonyl (C=O) groups excluding carboxylic acids is 1. The van der Waals surface area contributed by atoms with E-state index in [-0.39, 0.29) is 5.91 Å². The lowest BCUT2D eigenvalue weighted by atomic mass is 9.98. The summed E-state index contributed by atoms with van der Waals surface area (Å²) in [5, 5.41) is 3.93. The molecule has 0 aliphatic rings. The summed E-state index contributed by atoms with van der Waals surface area (Å²) in [6.45, 7) is 8.83. The van der Waals surface area contributed by atoms with Gasteiger partial charge in [0.25, 0.3) is 0 Å². The Morgan fingerprint density at radius 1 is 1.37 bits per heavy atom. The summed E-state index contributed by atoms with van der Waals surface area (Å²) in [7, 11) is 0. The van der Waals surface area contributed by atoms with Crippen LogP contribution in [-0.4, -0.2) is 17.5 Å². The SMILES string of the molecule is CCOc1c(/C(C)=C/C(=O)NCc2cccnc2)cc2c(C)coc2c1C. The van der Waals surface area contributed by atoms with Gasteiger partial charge in [-0.2, -0.15) is 0 Å². The number of nitrogens with zero attached hydrogens (tertiary/aromatic N) is 1. The molecule has 0 spiro atoms. The topological polar surface area (TPSA) is 64.4 Å². The van der Waals surface area contributed by atoms with Crippen LogP contribution < -0.4 is 10.1 Å². The average Bonchev–Trinajstić information content (AvgIpc) is 3.04. The second-order valence-electron chi connectivity index (χ2n) is 6.51. The Hall–Kier alpha value is -3.08. The van der Waals surface area contributed by atoms with Crippen molar-refractivity contribution in [3.63, 3.8) is 0 Å². The fourth-order valence-corrected chi connectivity index (χ4v) is 3.08. The molecule has 0 bridgehead atoms. The molecule has 0 saturated heterocycles. The number of pyridine rings is 1. The highest BCUT2D eigenvalue weighted by Gasteiger charge is 2.17. The number of rotatable bonds is 6. The summed E-state index contributed by atoms with van der Waals surface area (Å²) >= 11 is 0. The number of fused-ring (bicyclic) bond motifs is 1. The number of hydrogen-bond acceptors (Lipinski definition) is 4. The van der Waals surface area contributed by atoms with Gasteiger partial charge >= 0.3 is 0 Å². The van der Waals surface area contributed by atoms with Gasteiger partial charge in [0.15, 0.2) is 0 Å². The van der Waals surface area contributed by atoms with Crippen LogP contribution in [-0.2, 0) is 11.3 Å². The van der Waals surface area contributed by atoms with Crippen LogP contribution >= 0.6 is 0 Å². The van der Waals surface area contributed by atoms with E-state index in [1.54, 1.807) is 24.7 Å². The van der Waals surface area contributed by atoms with Crippen LogP contribution in [0.5, 0.6) is 5.75 Å². The minimum absolute atomic E-state index is 0.152. The number of furan rings is 1. The molecule has 1 amide bonds. The van der Waals surface area contributed by atoms with Crippen LogP contribution in [0, 0.1) is 13.8 Å². The van der Waals surface area contributed by atoms with Gasteiger partial charge < -0.3 is 14.5 Å². The lowest BCUT2D eigenvalue weighted by Crippen LogP contribution is -2.20. The highest BCUT2D eigenvalue weighted by molar-refractivity contribution is 5.98. The van der Waals surface area contributed by atoms with Gasteiger partial charge in [-0.25, -0.2) is 0 Å². The Morgan fingerprint density at radius 3 is 2.89 bits per heavy atom. The van der Waals surface area contributed by atoms with Crippen LogP contribution in [0.1, 0.15) is 36.1 Å². The van der Waals surface area contributed by atoms with Crippen molar-refractivity contribution in [3.05, 3.63) is 65.2 Å². The summed E-state index contributed by atoms with van der Waals surface area (Å²) in [5.41, 5.74) is 5.54. The molecule has 5 heteroatoms. The van der Waals surface area contributed by atoms with Crippen molar-refractivity contribution in [1.82, 2.24) is 10.3 Å². The molecule has 2 heterocycles. The highest BCUT2D eigenvalue weighted by Crippen LogP contribution is 2.37. The summed E-state index contributed by atoms with van der Waals surface area (Å²) in [5.74, 6) is 0.605. The van der Waals surface area contributed by atoms with Gasteiger partial charge in [-0.3, -0.25) is 9.78 Å². The first kappa shape index (κ1) is 18.7. The van der Waals surface area contributed by atoms with E-state index in [0.717, 1.165) is 44.5 Å². The van der Waals surface area contributed by atoms with E-state index in [9.17, 15) is 4.79 Å². The predicted molar refractivity (Wildman–Crippen MR) is 107 cm³/mol. The first-order valence-corrected chi connectivity index (χ1v) is 9.00. The zero-order chi connectivity index (χ0) is 19.4. The van der Waals surface area contributed by atoms with Crippen molar-refractivity contribution < 1.29 is 13.9 Å². The number of ether oxygens (including phenoxy) is 1. The zero-order valence-electron chi connectivity index (χ0n) is 16.1. The van der Waals surface area contributed by atoms with Crippen LogP contribution in [0.2, 0.25) is 0 Å². The molecular formula is C22H24N2O3. The molecule has 5 nitrogen and oxygen atoms in total. The predicted octanol–water partition coefficient (Wildman–Crippen LogP) is 4.56. The van der Waals surface area contributed by atoms with Gasteiger partial charge in [0.2, 0.25) is 5.91 Å². The Labute approximate surface area is 159 Å². The summed E-state index contributed by atoms with van der Waals surface area (Å²) < 4.78 is 11.6. The average molecular weight is 364 g/mol. The highest BCUT2D eigenvalue weighted by atomic mass is 16.5. The van der Waals surface area contributed by atoms with E-state index in [4.69, 9.17) is 9.15 Å². The van der Waals surface area contributed by atoms with E-state index in [2.05, 4.69) is 10.3 Å². The molecule has 0 fully saturated rings. The van der Waals surface area contributed by atoms with E-state index in [0.29, 0.717) is 13.2 Å². The maximum absolute atomic E-state index is 12.4. The largest absolute Gasteiger partial charge is 0.493 e. The molecule has 0 aliphatic heterocycles. The van der Waals surface area contributed by atoms with Crippen molar-refractivity contribution in [1.29, 1.82) is 0 Å². The van der Waals surface area contributed by atoms with Crippen molar-refractivity contribution in [2.75, 3.05) is 6.61 Å². The van der Waals surface area contributed by atoms with Crippen molar-refractivity contribution >= 4 is 22.4 Å². The molecule has 0 aliphatic carbocycles. The van der Waals surface area contributed by atoms with Crippen LogP contribution in [0.4, 0.5) is 0 Å². The number of aryl methyl sites for hydroxylation is 2. The quantitative estimate of drug-likeness (QED) is 0.651. The Morgan fingerprint density at radius 2 is 2.19 bits per heavy atom. The summed E-state index contributed by atoms with van der Waals surface area (Å²) in [4.78, 5) is 16.4. The minimum atomic E-state index is -0.152. The van der Waals surface area contributed by atoms with E-state index in [1.165, 1.54) is 0 Å². The number of hydrogen-bond donors (Lipinski definition) is 1. The van der Waals surface area contributed by atoms with Gasteiger partial charge in [0.05, 0.1) is 12.9 Å². The van der Waals surface area contributed by atoms with Gasteiger partial charge in [-0.1, -0.05) is 6.07 Å².